The standard InChI is InChI=1S/C14H16BrN/c15-14-8-4-3-7-13(14)12-6-2-1-5-11(12)9-10-16/h3-4,7-8,11-12H,1-2,5-6,9H2. The van der Waals surface area contributed by atoms with Gasteiger partial charge in [0.1, 0.15) is 0 Å². The summed E-state index contributed by atoms with van der Waals surface area (Å²) in [6.07, 6.45) is 5.72. The first kappa shape index (κ1) is 11.7. The normalized spacial score (nSPS) is 25.0. The van der Waals surface area contributed by atoms with E-state index in [4.69, 9.17) is 5.26 Å². The molecule has 0 aliphatic heterocycles. The largest absolute Gasteiger partial charge is 0.198 e. The van der Waals surface area contributed by atoms with Gasteiger partial charge in [-0.2, -0.15) is 5.26 Å². The maximum Gasteiger partial charge on any atom is 0.0624 e. The Morgan fingerprint density at radius 1 is 1.25 bits per heavy atom. The van der Waals surface area contributed by atoms with Gasteiger partial charge in [-0.3, -0.25) is 0 Å². The molecule has 0 spiro atoms. The van der Waals surface area contributed by atoms with Gasteiger partial charge in [0.15, 0.2) is 0 Å². The van der Waals surface area contributed by atoms with Gasteiger partial charge in [0.05, 0.1) is 6.07 Å². The topological polar surface area (TPSA) is 23.8 Å². The van der Waals surface area contributed by atoms with Crippen LogP contribution in [0, 0.1) is 17.2 Å². The van der Waals surface area contributed by atoms with Crippen molar-refractivity contribution in [2.45, 2.75) is 38.0 Å². The van der Waals surface area contributed by atoms with Gasteiger partial charge in [0, 0.05) is 10.9 Å². The molecule has 0 aromatic heterocycles. The molecule has 1 nitrogen and oxygen atoms in total. The Bertz CT molecular complexity index is 394. The second kappa shape index (κ2) is 5.50. The molecular formula is C14H16BrN. The Morgan fingerprint density at radius 3 is 2.75 bits per heavy atom. The summed E-state index contributed by atoms with van der Waals surface area (Å²) >= 11 is 3.63. The fraction of sp³-hybridized carbons (Fsp3) is 0.500. The predicted octanol–water partition coefficient (Wildman–Crippen LogP) is 4.64. The average molecular weight is 278 g/mol. The van der Waals surface area contributed by atoms with Gasteiger partial charge < -0.3 is 0 Å². The summed E-state index contributed by atoms with van der Waals surface area (Å²) in [6, 6.07) is 10.8. The van der Waals surface area contributed by atoms with Crippen molar-refractivity contribution < 1.29 is 0 Å². The number of halogens is 1. The fourth-order valence-electron chi connectivity index (χ4n) is 2.75. The number of nitriles is 1. The molecule has 2 rings (SSSR count). The number of hydrogen-bond donors (Lipinski definition) is 0. The maximum absolute atomic E-state index is 8.89. The molecule has 1 aromatic rings. The summed E-state index contributed by atoms with van der Waals surface area (Å²) in [4.78, 5) is 0. The minimum atomic E-state index is 0.553. The summed E-state index contributed by atoms with van der Waals surface area (Å²) in [5.74, 6) is 1.13. The molecule has 1 aliphatic carbocycles. The average Bonchev–Trinajstić information content (AvgIpc) is 2.31. The molecule has 1 saturated carbocycles. The second-order valence-electron chi connectivity index (χ2n) is 4.53. The molecule has 1 fully saturated rings. The Balaban J connectivity index is 2.24. The third-order valence-electron chi connectivity index (χ3n) is 3.57. The lowest BCUT2D eigenvalue weighted by Crippen LogP contribution is -2.17. The Labute approximate surface area is 106 Å². The Kier molecular flexibility index (Phi) is 4.01. The van der Waals surface area contributed by atoms with E-state index in [1.165, 1.54) is 35.7 Å². The van der Waals surface area contributed by atoms with Crippen LogP contribution in [0.3, 0.4) is 0 Å². The summed E-state index contributed by atoms with van der Waals surface area (Å²) in [5, 5.41) is 8.89. The van der Waals surface area contributed by atoms with E-state index in [1.54, 1.807) is 0 Å². The van der Waals surface area contributed by atoms with Crippen LogP contribution in [0.4, 0.5) is 0 Å². The lowest BCUT2D eigenvalue weighted by molar-refractivity contribution is 0.311. The summed E-state index contributed by atoms with van der Waals surface area (Å²) < 4.78 is 1.20. The number of hydrogen-bond acceptors (Lipinski definition) is 1. The first-order valence-corrected chi connectivity index (χ1v) is 6.73. The van der Waals surface area contributed by atoms with Crippen LogP contribution < -0.4 is 0 Å². The molecule has 1 aliphatic rings. The van der Waals surface area contributed by atoms with E-state index in [1.807, 2.05) is 0 Å². The number of nitrogens with zero attached hydrogens (tertiary/aromatic N) is 1. The zero-order valence-corrected chi connectivity index (χ0v) is 10.9. The molecule has 2 atom stereocenters. The maximum atomic E-state index is 8.89. The summed E-state index contributed by atoms with van der Waals surface area (Å²) in [7, 11) is 0. The molecule has 84 valence electrons. The third-order valence-corrected chi connectivity index (χ3v) is 4.29. The fourth-order valence-corrected chi connectivity index (χ4v) is 3.33. The van der Waals surface area contributed by atoms with Gasteiger partial charge in [-0.1, -0.05) is 47.0 Å². The second-order valence-corrected chi connectivity index (χ2v) is 5.39. The molecule has 1 aromatic carbocycles. The van der Waals surface area contributed by atoms with Gasteiger partial charge in [0.25, 0.3) is 0 Å². The highest BCUT2D eigenvalue weighted by Crippen LogP contribution is 2.41. The molecule has 0 N–H and O–H groups in total. The van der Waals surface area contributed by atoms with Gasteiger partial charge in [0.2, 0.25) is 0 Å². The molecule has 16 heavy (non-hydrogen) atoms. The molecule has 2 heteroatoms. The van der Waals surface area contributed by atoms with E-state index in [0.717, 1.165) is 0 Å². The van der Waals surface area contributed by atoms with E-state index in [0.29, 0.717) is 18.3 Å². The van der Waals surface area contributed by atoms with Crippen molar-refractivity contribution in [2.75, 3.05) is 0 Å². The third kappa shape index (κ3) is 2.47. The van der Waals surface area contributed by atoms with Crippen LogP contribution >= 0.6 is 15.9 Å². The predicted molar refractivity (Wildman–Crippen MR) is 69.1 cm³/mol. The van der Waals surface area contributed by atoms with Crippen molar-refractivity contribution in [1.29, 1.82) is 5.26 Å². The Morgan fingerprint density at radius 2 is 2.00 bits per heavy atom. The highest BCUT2D eigenvalue weighted by Gasteiger charge is 2.27. The van der Waals surface area contributed by atoms with E-state index < -0.39 is 0 Å². The lowest BCUT2D eigenvalue weighted by atomic mass is 9.74. The van der Waals surface area contributed by atoms with Gasteiger partial charge in [-0.15, -0.1) is 0 Å². The van der Waals surface area contributed by atoms with Crippen LogP contribution in [-0.4, -0.2) is 0 Å². The first-order chi connectivity index (χ1) is 7.83. The van der Waals surface area contributed by atoms with Crippen molar-refractivity contribution in [3.63, 3.8) is 0 Å². The molecule has 0 radical (unpaired) electrons. The first-order valence-electron chi connectivity index (χ1n) is 5.94. The highest BCUT2D eigenvalue weighted by molar-refractivity contribution is 9.10. The molecule has 0 saturated heterocycles. The monoisotopic (exact) mass is 277 g/mol. The smallest absolute Gasteiger partial charge is 0.0624 e. The zero-order chi connectivity index (χ0) is 11.4. The van der Waals surface area contributed by atoms with Crippen LogP contribution in [0.1, 0.15) is 43.6 Å². The van der Waals surface area contributed by atoms with Crippen LogP contribution in [0.15, 0.2) is 28.7 Å². The van der Waals surface area contributed by atoms with Crippen molar-refractivity contribution in [3.8, 4) is 6.07 Å². The van der Waals surface area contributed by atoms with Crippen LogP contribution in [0.5, 0.6) is 0 Å². The lowest BCUT2D eigenvalue weighted by Gasteiger charge is -2.31. The van der Waals surface area contributed by atoms with Crippen molar-refractivity contribution in [1.82, 2.24) is 0 Å². The van der Waals surface area contributed by atoms with Crippen LogP contribution in [-0.2, 0) is 0 Å². The molecule has 0 bridgehead atoms. The van der Waals surface area contributed by atoms with Gasteiger partial charge in [-0.05, 0) is 36.3 Å². The minimum absolute atomic E-state index is 0.553. The molecule has 0 amide bonds. The molecule has 0 heterocycles. The van der Waals surface area contributed by atoms with E-state index in [9.17, 15) is 0 Å². The highest BCUT2D eigenvalue weighted by atomic mass is 79.9. The van der Waals surface area contributed by atoms with E-state index in [-0.39, 0.29) is 0 Å². The zero-order valence-electron chi connectivity index (χ0n) is 9.32. The quantitative estimate of drug-likeness (QED) is 0.773. The minimum Gasteiger partial charge on any atom is -0.198 e. The molecule has 2 unspecified atom stereocenters. The molecular weight excluding hydrogens is 262 g/mol. The number of rotatable bonds is 2. The number of benzene rings is 1. The van der Waals surface area contributed by atoms with Crippen molar-refractivity contribution >= 4 is 15.9 Å². The van der Waals surface area contributed by atoms with Crippen LogP contribution in [0.2, 0.25) is 0 Å². The van der Waals surface area contributed by atoms with Crippen LogP contribution in [0.25, 0.3) is 0 Å². The summed E-state index contributed by atoms with van der Waals surface area (Å²) in [5.41, 5.74) is 1.39. The SMILES string of the molecule is N#CCC1CCCCC1c1ccccc1Br. The van der Waals surface area contributed by atoms with Crippen molar-refractivity contribution in [3.05, 3.63) is 34.3 Å². The van der Waals surface area contributed by atoms with E-state index in [2.05, 4.69) is 46.3 Å². The Hall–Kier alpha value is -0.810. The van der Waals surface area contributed by atoms with Crippen molar-refractivity contribution in [2.24, 2.45) is 5.92 Å². The van der Waals surface area contributed by atoms with Gasteiger partial charge >= 0.3 is 0 Å². The summed E-state index contributed by atoms with van der Waals surface area (Å²) in [6.45, 7) is 0. The van der Waals surface area contributed by atoms with Gasteiger partial charge in [-0.25, -0.2) is 0 Å². The van der Waals surface area contributed by atoms with E-state index >= 15 is 0 Å².